The van der Waals surface area contributed by atoms with Gasteiger partial charge in [-0.1, -0.05) is 5.67 Å². The van der Waals surface area contributed by atoms with Gasteiger partial charge in [-0.15, -0.1) is 0 Å². The summed E-state index contributed by atoms with van der Waals surface area (Å²) >= 11 is 0. The number of fused-ring (bicyclic) bond motifs is 1. The van der Waals surface area contributed by atoms with E-state index in [9.17, 15) is 4.79 Å². The van der Waals surface area contributed by atoms with Crippen molar-refractivity contribution in [1.29, 1.82) is 0 Å². The normalized spacial score (nSPS) is 13.6. The lowest BCUT2D eigenvalue weighted by atomic mass is 10.5. The third kappa shape index (κ3) is 0.622. The summed E-state index contributed by atoms with van der Waals surface area (Å²) in [6.07, 6.45) is 2.50. The first kappa shape index (κ1) is 5.73. The van der Waals surface area contributed by atoms with Crippen LogP contribution in [0.15, 0.2) is 6.20 Å². The Labute approximate surface area is 60.1 Å². The second kappa shape index (κ2) is 1.98. The molecule has 1 aromatic heterocycles. The third-order valence-corrected chi connectivity index (χ3v) is 2.80. The maximum atomic E-state index is 10.4. The Morgan fingerprint density at radius 2 is 2.70 bits per heavy atom. The molecular formula is C6H6N2OSi. The highest BCUT2D eigenvalue weighted by atomic mass is 28.2. The van der Waals surface area contributed by atoms with Crippen molar-refractivity contribution in [3.05, 3.63) is 11.9 Å². The molecule has 0 atom stereocenters. The van der Waals surface area contributed by atoms with E-state index in [1.807, 2.05) is 4.57 Å². The number of hydrogen-bond acceptors (Lipinski definition) is 2. The van der Waals surface area contributed by atoms with Crippen molar-refractivity contribution in [2.45, 2.75) is 6.54 Å². The molecule has 0 bridgehead atoms. The van der Waals surface area contributed by atoms with Crippen LogP contribution in [0.3, 0.4) is 0 Å². The quantitative estimate of drug-likeness (QED) is 0.363. The molecule has 0 radical (unpaired) electrons. The first-order valence-corrected chi connectivity index (χ1v) is 4.33. The van der Waals surface area contributed by atoms with E-state index in [2.05, 4.69) is 10.7 Å². The van der Waals surface area contributed by atoms with Crippen LogP contribution in [-0.4, -0.2) is 30.6 Å². The Morgan fingerprint density at radius 1 is 1.80 bits per heavy atom. The smallest absolute Gasteiger partial charge is 0.168 e. The minimum Gasteiger partial charge on any atom is -0.324 e. The molecule has 0 saturated heterocycles. The Kier molecular flexibility index (Phi) is 1.14. The molecule has 1 aromatic rings. The molecule has 10 heavy (non-hydrogen) atoms. The fourth-order valence-corrected chi connectivity index (χ4v) is 2.22. The molecule has 4 heteroatoms. The summed E-state index contributed by atoms with van der Waals surface area (Å²) in [5.41, 5.74) is 3.98. The predicted octanol–water partition coefficient (Wildman–Crippen LogP) is -1.43. The second-order valence-corrected chi connectivity index (χ2v) is 3.49. The molecule has 0 saturated carbocycles. The summed E-state index contributed by atoms with van der Waals surface area (Å²) in [6, 6.07) is 0. The van der Waals surface area contributed by atoms with Gasteiger partial charge >= 0.3 is 0 Å². The van der Waals surface area contributed by atoms with Gasteiger partial charge in [-0.25, -0.2) is 4.98 Å². The van der Waals surface area contributed by atoms with Crippen molar-refractivity contribution in [1.82, 2.24) is 9.55 Å². The van der Waals surface area contributed by atoms with Crippen LogP contribution in [0, 0.1) is 0 Å². The van der Waals surface area contributed by atoms with Crippen LogP contribution in [0.4, 0.5) is 0 Å². The Hall–Kier alpha value is -1.03. The van der Waals surface area contributed by atoms with Crippen LogP contribution in [0.5, 0.6) is 0 Å². The molecule has 0 fully saturated rings. The van der Waals surface area contributed by atoms with Crippen molar-refractivity contribution < 1.29 is 4.79 Å². The van der Waals surface area contributed by atoms with Crippen molar-refractivity contribution in [2.75, 3.05) is 0 Å². The molecule has 0 amide bonds. The average molecular weight is 150 g/mol. The van der Waals surface area contributed by atoms with E-state index in [1.165, 1.54) is 0 Å². The van der Waals surface area contributed by atoms with E-state index in [0.29, 0.717) is 5.69 Å². The molecule has 0 spiro atoms. The van der Waals surface area contributed by atoms with Crippen molar-refractivity contribution in [3.8, 4) is 0 Å². The first-order chi connectivity index (χ1) is 4.92. The minimum atomic E-state index is 0.221. The lowest BCUT2D eigenvalue weighted by molar-refractivity contribution is 0.111. The van der Waals surface area contributed by atoms with E-state index >= 15 is 0 Å². The van der Waals surface area contributed by atoms with Crippen molar-refractivity contribution in [3.63, 3.8) is 0 Å². The largest absolute Gasteiger partial charge is 0.324 e. The standard InChI is InChI=1S/C6H6N2OSi/c9-4-5-3-7-6-8(5)1-2-10-6/h2-4,10H,1H2. The van der Waals surface area contributed by atoms with Crippen LogP contribution in [0.2, 0.25) is 0 Å². The summed E-state index contributed by atoms with van der Waals surface area (Å²) in [5, 5.41) is 0. The minimum absolute atomic E-state index is 0.221. The van der Waals surface area contributed by atoms with E-state index in [-0.39, 0.29) is 9.13 Å². The van der Waals surface area contributed by atoms with Gasteiger partial charge in [0.05, 0.1) is 15.3 Å². The molecule has 1 aliphatic heterocycles. The molecule has 3 nitrogen and oxygen atoms in total. The Bertz CT molecular complexity index is 303. The molecule has 0 N–H and O–H groups in total. The van der Waals surface area contributed by atoms with E-state index < -0.39 is 0 Å². The highest BCUT2D eigenvalue weighted by molar-refractivity contribution is 6.60. The molecule has 50 valence electrons. The van der Waals surface area contributed by atoms with Gasteiger partial charge in [-0.2, -0.15) is 0 Å². The monoisotopic (exact) mass is 150 g/mol. The molecule has 1 aliphatic rings. The molecule has 2 rings (SSSR count). The van der Waals surface area contributed by atoms with Crippen LogP contribution in [-0.2, 0) is 6.54 Å². The number of aldehydes is 1. The number of carbonyl (C=O) groups is 1. The zero-order valence-corrected chi connectivity index (χ0v) is 6.47. The van der Waals surface area contributed by atoms with E-state index in [1.54, 1.807) is 6.20 Å². The molecule has 0 aliphatic carbocycles. The lowest BCUT2D eigenvalue weighted by Gasteiger charge is -1.95. The summed E-state index contributed by atoms with van der Waals surface area (Å²) in [4.78, 5) is 14.5. The summed E-state index contributed by atoms with van der Waals surface area (Å²) in [6.45, 7) is 0.874. The van der Waals surface area contributed by atoms with Gasteiger partial charge < -0.3 is 4.57 Å². The van der Waals surface area contributed by atoms with Crippen molar-refractivity contribution in [2.24, 2.45) is 0 Å². The lowest BCUT2D eigenvalue weighted by Crippen LogP contribution is -2.16. The number of aromatic nitrogens is 2. The number of imidazole rings is 1. The maximum Gasteiger partial charge on any atom is 0.168 e. The first-order valence-electron chi connectivity index (χ1n) is 3.09. The highest BCUT2D eigenvalue weighted by Gasteiger charge is 2.08. The number of nitrogens with zero attached hydrogens (tertiary/aromatic N) is 2. The van der Waals surface area contributed by atoms with Crippen LogP contribution in [0.1, 0.15) is 10.5 Å². The fourth-order valence-electron chi connectivity index (χ4n) is 1.09. The van der Waals surface area contributed by atoms with Gasteiger partial charge in [0.1, 0.15) is 11.1 Å². The number of hydrogen-bond donors (Lipinski definition) is 0. The van der Waals surface area contributed by atoms with Crippen LogP contribution < -0.4 is 5.45 Å². The fraction of sp³-hybridized carbons (Fsp3) is 0.167. The van der Waals surface area contributed by atoms with Crippen molar-refractivity contribution >= 4 is 26.5 Å². The predicted molar refractivity (Wildman–Crippen MR) is 40.5 cm³/mol. The molecule has 2 heterocycles. The maximum absolute atomic E-state index is 10.4. The Balaban J connectivity index is 2.60. The summed E-state index contributed by atoms with van der Waals surface area (Å²) in [7, 11) is 0.221. The number of rotatable bonds is 1. The Morgan fingerprint density at radius 3 is 3.50 bits per heavy atom. The molecule has 0 aromatic carbocycles. The number of carbonyl (C=O) groups excluding carboxylic acids is 1. The SMILES string of the molecule is O=Cc1cnc2n1CC=[SiH]2. The van der Waals surface area contributed by atoms with E-state index in [0.717, 1.165) is 18.3 Å². The molecule has 0 unspecified atom stereocenters. The van der Waals surface area contributed by atoms with Gasteiger partial charge in [0.2, 0.25) is 0 Å². The van der Waals surface area contributed by atoms with Crippen LogP contribution >= 0.6 is 0 Å². The van der Waals surface area contributed by atoms with Gasteiger partial charge in [0.25, 0.3) is 0 Å². The zero-order chi connectivity index (χ0) is 6.97. The second-order valence-electron chi connectivity index (χ2n) is 2.17. The molecular weight excluding hydrogens is 144 g/mol. The zero-order valence-electron chi connectivity index (χ0n) is 5.32. The van der Waals surface area contributed by atoms with Gasteiger partial charge in [0.15, 0.2) is 6.29 Å². The van der Waals surface area contributed by atoms with Crippen LogP contribution in [0.25, 0.3) is 0 Å². The summed E-state index contributed by atoms with van der Waals surface area (Å²) in [5.74, 6) is 0. The van der Waals surface area contributed by atoms with E-state index in [4.69, 9.17) is 0 Å². The van der Waals surface area contributed by atoms with Gasteiger partial charge in [-0.3, -0.25) is 4.79 Å². The van der Waals surface area contributed by atoms with Gasteiger partial charge in [-0.05, 0) is 0 Å². The average Bonchev–Trinajstić information content (AvgIpc) is 2.44. The third-order valence-electron chi connectivity index (χ3n) is 1.59. The van der Waals surface area contributed by atoms with Gasteiger partial charge in [0, 0.05) is 6.54 Å². The highest BCUT2D eigenvalue weighted by Crippen LogP contribution is 1.93. The summed E-state index contributed by atoms with van der Waals surface area (Å²) < 4.78 is 1.96. The topological polar surface area (TPSA) is 34.9 Å².